The lowest BCUT2D eigenvalue weighted by molar-refractivity contribution is 0.263. The molecular weight excluding hydrogens is 294 g/mol. The van der Waals surface area contributed by atoms with Gasteiger partial charge in [0.1, 0.15) is 5.75 Å². The van der Waals surface area contributed by atoms with Crippen LogP contribution in [0.1, 0.15) is 24.8 Å². The maximum atomic E-state index is 9.48. The maximum Gasteiger partial charge on any atom is 0.145 e. The first-order chi connectivity index (χ1) is 8.79. The van der Waals surface area contributed by atoms with Crippen molar-refractivity contribution in [2.75, 3.05) is 24.7 Å². The van der Waals surface area contributed by atoms with Gasteiger partial charge in [0, 0.05) is 11.0 Å². The van der Waals surface area contributed by atoms with Crippen molar-refractivity contribution in [3.8, 4) is 5.75 Å². The highest BCUT2D eigenvalue weighted by Crippen LogP contribution is 2.41. The quantitative estimate of drug-likeness (QED) is 0.911. The zero-order chi connectivity index (χ0) is 12.5. The average molecular weight is 312 g/mol. The van der Waals surface area contributed by atoms with E-state index in [1.54, 1.807) is 0 Å². The van der Waals surface area contributed by atoms with Gasteiger partial charge in [0.25, 0.3) is 0 Å². The molecule has 4 heteroatoms. The molecule has 2 aliphatic rings. The molecule has 0 radical (unpaired) electrons. The van der Waals surface area contributed by atoms with Crippen LogP contribution in [0, 0.1) is 0 Å². The van der Waals surface area contributed by atoms with Gasteiger partial charge in [0.15, 0.2) is 0 Å². The Hall–Kier alpha value is -0.740. The number of aryl methyl sites for hydroxylation is 1. The zero-order valence-electron chi connectivity index (χ0n) is 10.4. The van der Waals surface area contributed by atoms with E-state index in [0.29, 0.717) is 0 Å². The van der Waals surface area contributed by atoms with Crippen molar-refractivity contribution in [3.63, 3.8) is 0 Å². The number of ether oxygens (including phenoxy) is 1. The van der Waals surface area contributed by atoms with E-state index in [-0.39, 0.29) is 12.6 Å². The highest BCUT2D eigenvalue weighted by molar-refractivity contribution is 9.10. The third kappa shape index (κ3) is 2.12. The number of benzene rings is 1. The van der Waals surface area contributed by atoms with Gasteiger partial charge in [-0.15, -0.1) is 0 Å². The number of hydrogen-bond acceptors (Lipinski definition) is 3. The van der Waals surface area contributed by atoms with Gasteiger partial charge in [-0.05, 0) is 43.4 Å². The van der Waals surface area contributed by atoms with Gasteiger partial charge in [-0.25, -0.2) is 0 Å². The molecule has 1 aromatic carbocycles. The summed E-state index contributed by atoms with van der Waals surface area (Å²) in [5.41, 5.74) is 2.44. The van der Waals surface area contributed by atoms with Crippen LogP contribution < -0.4 is 9.64 Å². The summed E-state index contributed by atoms with van der Waals surface area (Å²) in [5, 5.41) is 9.48. The Balaban J connectivity index is 2.02. The molecule has 0 unspecified atom stereocenters. The molecule has 2 heterocycles. The normalized spacial score (nSPS) is 22.8. The molecule has 2 aliphatic heterocycles. The summed E-state index contributed by atoms with van der Waals surface area (Å²) in [4.78, 5) is 2.30. The van der Waals surface area contributed by atoms with E-state index in [9.17, 15) is 5.11 Å². The standard InChI is InChI=1S/C14H18BrNO2/c15-11-7-10-3-2-6-18-14(10)13(8-11)16-5-1-4-12(16)9-17/h7-8,12,17H,1-6,9H2/t12-/m0/s1. The van der Waals surface area contributed by atoms with E-state index in [1.165, 1.54) is 5.56 Å². The van der Waals surface area contributed by atoms with Crippen LogP contribution in [0.3, 0.4) is 0 Å². The first-order valence-corrected chi connectivity index (χ1v) is 7.41. The summed E-state index contributed by atoms with van der Waals surface area (Å²) < 4.78 is 6.97. The Labute approximate surface area is 116 Å². The SMILES string of the molecule is OC[C@@H]1CCCN1c1cc(Br)cc2c1OCCC2. The zero-order valence-corrected chi connectivity index (χ0v) is 11.9. The number of anilines is 1. The van der Waals surface area contributed by atoms with Gasteiger partial charge in [0.05, 0.1) is 24.9 Å². The molecule has 18 heavy (non-hydrogen) atoms. The molecule has 0 saturated carbocycles. The molecular formula is C14H18BrNO2. The summed E-state index contributed by atoms with van der Waals surface area (Å²) in [6.07, 6.45) is 4.38. The van der Waals surface area contributed by atoms with Crippen LogP contribution in [-0.2, 0) is 6.42 Å². The van der Waals surface area contributed by atoms with Gasteiger partial charge in [0.2, 0.25) is 0 Å². The lowest BCUT2D eigenvalue weighted by Gasteiger charge is -2.30. The van der Waals surface area contributed by atoms with Crippen molar-refractivity contribution in [1.82, 2.24) is 0 Å². The summed E-state index contributed by atoms with van der Waals surface area (Å²) in [6, 6.07) is 4.52. The summed E-state index contributed by atoms with van der Waals surface area (Å²) >= 11 is 3.59. The fourth-order valence-corrected chi connectivity index (χ4v) is 3.47. The molecule has 98 valence electrons. The minimum absolute atomic E-state index is 0.223. The highest BCUT2D eigenvalue weighted by Gasteiger charge is 2.28. The highest BCUT2D eigenvalue weighted by atomic mass is 79.9. The number of aliphatic hydroxyl groups is 1. The van der Waals surface area contributed by atoms with Crippen molar-refractivity contribution >= 4 is 21.6 Å². The van der Waals surface area contributed by atoms with Crippen molar-refractivity contribution in [1.29, 1.82) is 0 Å². The van der Waals surface area contributed by atoms with Gasteiger partial charge in [-0.3, -0.25) is 0 Å². The Morgan fingerprint density at radius 3 is 3.11 bits per heavy atom. The van der Waals surface area contributed by atoms with Crippen molar-refractivity contribution < 1.29 is 9.84 Å². The molecule has 0 aliphatic carbocycles. The van der Waals surface area contributed by atoms with Crippen LogP contribution in [0.2, 0.25) is 0 Å². The molecule has 0 aromatic heterocycles. The summed E-state index contributed by atoms with van der Waals surface area (Å²) in [7, 11) is 0. The fourth-order valence-electron chi connectivity index (χ4n) is 2.98. The number of fused-ring (bicyclic) bond motifs is 1. The molecule has 1 atom stereocenters. The second-order valence-corrected chi connectivity index (χ2v) is 5.95. The number of aliphatic hydroxyl groups excluding tert-OH is 1. The molecule has 0 spiro atoms. The maximum absolute atomic E-state index is 9.48. The molecule has 1 saturated heterocycles. The van der Waals surface area contributed by atoms with E-state index < -0.39 is 0 Å². The van der Waals surface area contributed by atoms with Gasteiger partial charge < -0.3 is 14.7 Å². The predicted molar refractivity (Wildman–Crippen MR) is 75.4 cm³/mol. The Morgan fingerprint density at radius 1 is 1.39 bits per heavy atom. The van der Waals surface area contributed by atoms with Gasteiger partial charge >= 0.3 is 0 Å². The molecule has 3 nitrogen and oxygen atoms in total. The number of nitrogens with zero attached hydrogens (tertiary/aromatic N) is 1. The summed E-state index contributed by atoms with van der Waals surface area (Å²) in [6.45, 7) is 2.04. The Morgan fingerprint density at radius 2 is 2.28 bits per heavy atom. The van der Waals surface area contributed by atoms with E-state index in [4.69, 9.17) is 4.74 Å². The fraction of sp³-hybridized carbons (Fsp3) is 0.571. The molecule has 1 N–H and O–H groups in total. The van der Waals surface area contributed by atoms with E-state index in [1.807, 2.05) is 0 Å². The molecule has 1 fully saturated rings. The lowest BCUT2D eigenvalue weighted by Crippen LogP contribution is -2.32. The van der Waals surface area contributed by atoms with E-state index in [2.05, 4.69) is 33.0 Å². The van der Waals surface area contributed by atoms with Crippen LogP contribution in [0.4, 0.5) is 5.69 Å². The third-order valence-electron chi connectivity index (χ3n) is 3.85. The predicted octanol–water partition coefficient (Wildman–Crippen LogP) is 2.74. The smallest absolute Gasteiger partial charge is 0.145 e. The van der Waals surface area contributed by atoms with Gasteiger partial charge in [-0.1, -0.05) is 15.9 Å². The minimum Gasteiger partial charge on any atom is -0.491 e. The molecule has 3 rings (SSSR count). The third-order valence-corrected chi connectivity index (χ3v) is 4.30. The van der Waals surface area contributed by atoms with Gasteiger partial charge in [-0.2, -0.15) is 0 Å². The lowest BCUT2D eigenvalue weighted by atomic mass is 10.0. The second-order valence-electron chi connectivity index (χ2n) is 5.04. The van der Waals surface area contributed by atoms with Crippen molar-refractivity contribution in [3.05, 3.63) is 22.2 Å². The van der Waals surface area contributed by atoms with Crippen molar-refractivity contribution in [2.45, 2.75) is 31.7 Å². The molecule has 1 aromatic rings. The van der Waals surface area contributed by atoms with E-state index >= 15 is 0 Å². The number of rotatable bonds is 2. The Kier molecular flexibility index (Phi) is 3.48. The van der Waals surface area contributed by atoms with Crippen LogP contribution in [0.15, 0.2) is 16.6 Å². The summed E-state index contributed by atoms with van der Waals surface area (Å²) in [5.74, 6) is 1.03. The topological polar surface area (TPSA) is 32.7 Å². The molecule has 0 amide bonds. The first-order valence-electron chi connectivity index (χ1n) is 6.62. The minimum atomic E-state index is 0.223. The second kappa shape index (κ2) is 5.10. The number of hydrogen-bond donors (Lipinski definition) is 1. The monoisotopic (exact) mass is 311 g/mol. The average Bonchev–Trinajstić information content (AvgIpc) is 2.85. The first kappa shape index (κ1) is 12.3. The van der Waals surface area contributed by atoms with Crippen LogP contribution >= 0.6 is 15.9 Å². The largest absolute Gasteiger partial charge is 0.491 e. The van der Waals surface area contributed by atoms with Crippen molar-refractivity contribution in [2.24, 2.45) is 0 Å². The Bertz CT molecular complexity index is 450. The van der Waals surface area contributed by atoms with E-state index in [0.717, 1.165) is 54.7 Å². The molecule has 0 bridgehead atoms. The van der Waals surface area contributed by atoms with Crippen LogP contribution in [0.5, 0.6) is 5.75 Å². The number of halogens is 1. The van der Waals surface area contributed by atoms with Crippen LogP contribution in [-0.4, -0.2) is 30.9 Å². The van der Waals surface area contributed by atoms with Crippen LogP contribution in [0.25, 0.3) is 0 Å².